The number of rotatable bonds is 7. The van der Waals surface area contributed by atoms with Crippen LogP contribution in [0.15, 0.2) is 35.4 Å². The van der Waals surface area contributed by atoms with E-state index in [9.17, 15) is 14.4 Å². The van der Waals surface area contributed by atoms with Crippen LogP contribution in [0.1, 0.15) is 20.3 Å². The number of aromatic nitrogens is 2. The molecular weight excluding hydrogens is 308 g/mol. The first-order valence-electron chi connectivity index (χ1n) is 7.95. The van der Waals surface area contributed by atoms with Crippen LogP contribution in [-0.2, 0) is 16.1 Å². The maximum absolute atomic E-state index is 12.3. The highest BCUT2D eigenvalue weighted by Crippen LogP contribution is 2.04. The van der Waals surface area contributed by atoms with Crippen LogP contribution in [0.2, 0.25) is 0 Å². The van der Waals surface area contributed by atoms with Crippen molar-refractivity contribution in [2.24, 2.45) is 5.92 Å². The Morgan fingerprint density at radius 1 is 1.17 bits per heavy atom. The zero-order chi connectivity index (χ0) is 17.5. The Bertz CT molecular complexity index is 783. The number of nitrogens with one attached hydrogen (secondary N) is 2. The van der Waals surface area contributed by atoms with E-state index < -0.39 is 5.91 Å². The third kappa shape index (κ3) is 4.91. The normalized spacial score (nSPS) is 10.8. The van der Waals surface area contributed by atoms with Gasteiger partial charge in [0.15, 0.2) is 0 Å². The second-order valence-corrected chi connectivity index (χ2v) is 6.00. The molecule has 2 rings (SSSR count). The van der Waals surface area contributed by atoms with Crippen LogP contribution >= 0.6 is 0 Å². The summed E-state index contributed by atoms with van der Waals surface area (Å²) >= 11 is 0. The van der Waals surface area contributed by atoms with E-state index >= 15 is 0 Å². The SMILES string of the molecule is CC(C)CCNC(=O)CNC(=O)Cn1cnc2ccccc2c1=O. The molecule has 0 aliphatic heterocycles. The maximum atomic E-state index is 12.3. The average molecular weight is 330 g/mol. The van der Waals surface area contributed by atoms with Gasteiger partial charge in [0.1, 0.15) is 6.54 Å². The van der Waals surface area contributed by atoms with Crippen LogP contribution < -0.4 is 16.2 Å². The van der Waals surface area contributed by atoms with E-state index in [-0.39, 0.29) is 24.6 Å². The topological polar surface area (TPSA) is 93.1 Å². The average Bonchev–Trinajstić information content (AvgIpc) is 2.55. The molecule has 0 bridgehead atoms. The summed E-state index contributed by atoms with van der Waals surface area (Å²) in [5, 5.41) is 5.70. The lowest BCUT2D eigenvalue weighted by atomic mass is 10.1. The lowest BCUT2D eigenvalue weighted by Gasteiger charge is -2.09. The van der Waals surface area contributed by atoms with Crippen LogP contribution in [0.4, 0.5) is 0 Å². The lowest BCUT2D eigenvalue weighted by Crippen LogP contribution is -2.40. The molecule has 0 saturated carbocycles. The van der Waals surface area contributed by atoms with Gasteiger partial charge in [0.05, 0.1) is 23.8 Å². The molecule has 0 atom stereocenters. The summed E-state index contributed by atoms with van der Waals surface area (Å²) in [5.74, 6) is -0.145. The van der Waals surface area contributed by atoms with E-state index in [1.54, 1.807) is 24.3 Å². The zero-order valence-electron chi connectivity index (χ0n) is 13.9. The van der Waals surface area contributed by atoms with Gasteiger partial charge in [-0.2, -0.15) is 0 Å². The molecule has 7 heteroatoms. The van der Waals surface area contributed by atoms with Gasteiger partial charge in [0.25, 0.3) is 5.56 Å². The Morgan fingerprint density at radius 2 is 1.92 bits per heavy atom. The Kier molecular flexibility index (Phi) is 6.06. The third-order valence-corrected chi connectivity index (χ3v) is 3.54. The zero-order valence-corrected chi connectivity index (χ0v) is 13.9. The van der Waals surface area contributed by atoms with E-state index in [0.29, 0.717) is 23.4 Å². The second kappa shape index (κ2) is 8.24. The molecule has 1 heterocycles. The molecule has 128 valence electrons. The molecule has 0 saturated heterocycles. The van der Waals surface area contributed by atoms with Crippen LogP contribution in [-0.4, -0.2) is 34.5 Å². The van der Waals surface area contributed by atoms with Crippen molar-refractivity contribution >= 4 is 22.7 Å². The molecule has 0 spiro atoms. The molecule has 1 aromatic carbocycles. The third-order valence-electron chi connectivity index (χ3n) is 3.54. The molecule has 2 amide bonds. The van der Waals surface area contributed by atoms with Crippen molar-refractivity contribution in [1.29, 1.82) is 0 Å². The smallest absolute Gasteiger partial charge is 0.261 e. The molecule has 7 nitrogen and oxygen atoms in total. The fraction of sp³-hybridized carbons (Fsp3) is 0.412. The molecule has 0 aliphatic rings. The summed E-state index contributed by atoms with van der Waals surface area (Å²) in [6.45, 7) is 4.45. The van der Waals surface area contributed by atoms with Gasteiger partial charge in [-0.1, -0.05) is 26.0 Å². The highest BCUT2D eigenvalue weighted by Gasteiger charge is 2.09. The molecule has 2 aromatic rings. The number of fused-ring (bicyclic) bond motifs is 1. The summed E-state index contributed by atoms with van der Waals surface area (Å²) in [4.78, 5) is 39.9. The molecule has 0 radical (unpaired) electrons. The largest absolute Gasteiger partial charge is 0.355 e. The molecule has 0 aliphatic carbocycles. The Morgan fingerprint density at radius 3 is 2.67 bits per heavy atom. The highest BCUT2D eigenvalue weighted by molar-refractivity contribution is 5.84. The number of para-hydroxylation sites is 1. The molecule has 0 unspecified atom stereocenters. The van der Waals surface area contributed by atoms with E-state index in [2.05, 4.69) is 29.5 Å². The molecule has 1 aromatic heterocycles. The van der Waals surface area contributed by atoms with Crippen molar-refractivity contribution in [3.05, 3.63) is 40.9 Å². The van der Waals surface area contributed by atoms with Crippen molar-refractivity contribution in [2.45, 2.75) is 26.8 Å². The van der Waals surface area contributed by atoms with Gasteiger partial charge in [0, 0.05) is 6.54 Å². The Hall–Kier alpha value is -2.70. The van der Waals surface area contributed by atoms with E-state index in [1.165, 1.54) is 10.9 Å². The van der Waals surface area contributed by atoms with E-state index in [4.69, 9.17) is 0 Å². The first-order valence-corrected chi connectivity index (χ1v) is 7.95. The summed E-state index contributed by atoms with van der Waals surface area (Å²) < 4.78 is 1.23. The molecular formula is C17H22N4O3. The van der Waals surface area contributed by atoms with Crippen LogP contribution in [0, 0.1) is 5.92 Å². The standard InChI is InChI=1S/C17H22N4O3/c1-12(2)7-8-18-15(22)9-19-16(23)10-21-11-20-14-6-4-3-5-13(14)17(21)24/h3-6,11-12H,7-10H2,1-2H3,(H,18,22)(H,19,23). The second-order valence-electron chi connectivity index (χ2n) is 6.00. The first-order chi connectivity index (χ1) is 11.5. The minimum atomic E-state index is -0.409. The van der Waals surface area contributed by atoms with E-state index in [0.717, 1.165) is 6.42 Å². The molecule has 2 N–H and O–H groups in total. The van der Waals surface area contributed by atoms with Gasteiger partial charge in [-0.15, -0.1) is 0 Å². The van der Waals surface area contributed by atoms with Gasteiger partial charge < -0.3 is 10.6 Å². The minimum absolute atomic E-state index is 0.104. The summed E-state index contributed by atoms with van der Waals surface area (Å²) in [5.41, 5.74) is 0.306. The van der Waals surface area contributed by atoms with Crippen LogP contribution in [0.5, 0.6) is 0 Å². The first kappa shape index (κ1) is 17.7. The number of hydrogen-bond donors (Lipinski definition) is 2. The van der Waals surface area contributed by atoms with Crippen LogP contribution in [0.25, 0.3) is 10.9 Å². The number of amides is 2. The maximum Gasteiger partial charge on any atom is 0.261 e. The molecule has 24 heavy (non-hydrogen) atoms. The minimum Gasteiger partial charge on any atom is -0.355 e. The van der Waals surface area contributed by atoms with Gasteiger partial charge in [-0.05, 0) is 24.5 Å². The van der Waals surface area contributed by atoms with E-state index in [1.807, 2.05) is 0 Å². The highest BCUT2D eigenvalue weighted by atomic mass is 16.2. The number of carbonyl (C=O) groups excluding carboxylic acids is 2. The van der Waals surface area contributed by atoms with Gasteiger partial charge in [-0.25, -0.2) is 4.98 Å². The Labute approximate surface area is 140 Å². The summed E-state index contributed by atoms with van der Waals surface area (Å²) in [6, 6.07) is 6.95. The van der Waals surface area contributed by atoms with Crippen molar-refractivity contribution in [1.82, 2.24) is 20.2 Å². The van der Waals surface area contributed by atoms with Gasteiger partial charge in [0.2, 0.25) is 11.8 Å². The lowest BCUT2D eigenvalue weighted by molar-refractivity contribution is -0.126. The van der Waals surface area contributed by atoms with Gasteiger partial charge >= 0.3 is 0 Å². The Balaban J connectivity index is 1.88. The number of benzene rings is 1. The summed E-state index contributed by atoms with van der Waals surface area (Å²) in [7, 11) is 0. The number of hydrogen-bond acceptors (Lipinski definition) is 4. The molecule has 0 fully saturated rings. The van der Waals surface area contributed by atoms with Crippen molar-refractivity contribution in [3.63, 3.8) is 0 Å². The number of nitrogens with zero attached hydrogens (tertiary/aromatic N) is 2. The van der Waals surface area contributed by atoms with Crippen LogP contribution in [0.3, 0.4) is 0 Å². The summed E-state index contributed by atoms with van der Waals surface area (Å²) in [6.07, 6.45) is 2.23. The quantitative estimate of drug-likeness (QED) is 0.780. The van der Waals surface area contributed by atoms with Crippen molar-refractivity contribution in [3.8, 4) is 0 Å². The monoisotopic (exact) mass is 330 g/mol. The van der Waals surface area contributed by atoms with Gasteiger partial charge in [-0.3, -0.25) is 19.0 Å². The predicted octanol–water partition coefficient (Wildman–Crippen LogP) is 0.675. The van der Waals surface area contributed by atoms with Crippen molar-refractivity contribution in [2.75, 3.05) is 13.1 Å². The number of carbonyl (C=O) groups is 2. The fourth-order valence-electron chi connectivity index (χ4n) is 2.17. The fourth-order valence-corrected chi connectivity index (χ4v) is 2.17. The van der Waals surface area contributed by atoms with Crippen molar-refractivity contribution < 1.29 is 9.59 Å². The predicted molar refractivity (Wildman–Crippen MR) is 91.5 cm³/mol.